The molecule has 0 bridgehead atoms. The van der Waals surface area contributed by atoms with E-state index in [1.807, 2.05) is 30.1 Å². The van der Waals surface area contributed by atoms with Gasteiger partial charge < -0.3 is 9.47 Å². The lowest BCUT2D eigenvalue weighted by Gasteiger charge is -2.22. The van der Waals surface area contributed by atoms with Crippen molar-refractivity contribution in [1.29, 1.82) is 0 Å². The van der Waals surface area contributed by atoms with E-state index in [-0.39, 0.29) is 0 Å². The Morgan fingerprint density at radius 3 is 3.11 bits per heavy atom. The first-order valence-corrected chi connectivity index (χ1v) is 7.08. The van der Waals surface area contributed by atoms with Crippen molar-refractivity contribution in [2.75, 3.05) is 19.2 Å². The highest BCUT2D eigenvalue weighted by Crippen LogP contribution is 2.28. The second kappa shape index (κ2) is 5.69. The van der Waals surface area contributed by atoms with E-state index in [4.69, 9.17) is 9.47 Å². The maximum absolute atomic E-state index is 5.55. The summed E-state index contributed by atoms with van der Waals surface area (Å²) in [5.41, 5.74) is 1.05. The molecule has 3 rings (SSSR count). The summed E-state index contributed by atoms with van der Waals surface area (Å²) in [6.45, 7) is 1.24. The summed E-state index contributed by atoms with van der Waals surface area (Å²) in [5, 5.41) is 1.22. The number of para-hydroxylation sites is 1. The van der Waals surface area contributed by atoms with Crippen LogP contribution < -0.4 is 0 Å². The molecule has 1 aromatic carbocycles. The van der Waals surface area contributed by atoms with Crippen LogP contribution in [0.15, 0.2) is 41.4 Å². The fourth-order valence-electron chi connectivity index (χ4n) is 2.01. The van der Waals surface area contributed by atoms with Gasteiger partial charge in [-0.3, -0.25) is 4.98 Å². The minimum absolute atomic E-state index is 0.302. The summed E-state index contributed by atoms with van der Waals surface area (Å²) in [7, 11) is 0. The van der Waals surface area contributed by atoms with Gasteiger partial charge in [0.25, 0.3) is 0 Å². The molecule has 3 nitrogen and oxygen atoms in total. The van der Waals surface area contributed by atoms with Gasteiger partial charge in [-0.2, -0.15) is 0 Å². The van der Waals surface area contributed by atoms with E-state index in [2.05, 4.69) is 23.2 Å². The highest BCUT2D eigenvalue weighted by atomic mass is 32.2. The predicted molar refractivity (Wildman–Crippen MR) is 72.8 cm³/mol. The smallest absolute Gasteiger partial charge is 0.147 e. The lowest BCUT2D eigenvalue weighted by atomic mass is 10.2. The number of pyridine rings is 1. The Kier molecular flexibility index (Phi) is 3.78. The van der Waals surface area contributed by atoms with Gasteiger partial charge in [0.15, 0.2) is 0 Å². The van der Waals surface area contributed by atoms with Crippen molar-refractivity contribution < 1.29 is 9.47 Å². The maximum atomic E-state index is 5.55. The van der Waals surface area contributed by atoms with E-state index in [1.54, 1.807) is 0 Å². The number of hydrogen-bond donors (Lipinski definition) is 0. The predicted octanol–water partition coefficient (Wildman–Crippen LogP) is 3.09. The van der Waals surface area contributed by atoms with Crippen LogP contribution in [0.1, 0.15) is 6.42 Å². The molecular weight excluding hydrogens is 246 g/mol. The number of aromatic nitrogens is 1. The Hall–Kier alpha value is -1.10. The van der Waals surface area contributed by atoms with E-state index in [0.717, 1.165) is 24.3 Å². The highest BCUT2D eigenvalue weighted by Gasteiger charge is 2.14. The largest absolute Gasteiger partial charge is 0.355 e. The normalized spacial score (nSPS) is 20.1. The first-order chi connectivity index (χ1) is 8.93. The van der Waals surface area contributed by atoms with Crippen LogP contribution in [0.3, 0.4) is 0 Å². The number of nitrogens with zero attached hydrogens (tertiary/aromatic N) is 1. The SMILES string of the molecule is c1ccc2c(SCC3CCOCO3)ccnc2c1. The number of hydrogen-bond acceptors (Lipinski definition) is 4. The summed E-state index contributed by atoms with van der Waals surface area (Å²) in [4.78, 5) is 5.65. The van der Waals surface area contributed by atoms with Crippen molar-refractivity contribution in [3.63, 3.8) is 0 Å². The van der Waals surface area contributed by atoms with Gasteiger partial charge in [0, 0.05) is 22.2 Å². The Bertz CT molecular complexity index is 521. The molecule has 18 heavy (non-hydrogen) atoms. The molecule has 1 atom stereocenters. The van der Waals surface area contributed by atoms with E-state index >= 15 is 0 Å². The van der Waals surface area contributed by atoms with Gasteiger partial charge in [-0.25, -0.2) is 0 Å². The fourth-order valence-corrected chi connectivity index (χ4v) is 3.12. The number of fused-ring (bicyclic) bond motifs is 1. The first-order valence-electron chi connectivity index (χ1n) is 6.09. The van der Waals surface area contributed by atoms with Crippen LogP contribution in [-0.4, -0.2) is 30.2 Å². The average Bonchev–Trinajstić information content (AvgIpc) is 2.46. The van der Waals surface area contributed by atoms with E-state index in [9.17, 15) is 0 Å². The van der Waals surface area contributed by atoms with Gasteiger partial charge >= 0.3 is 0 Å². The quantitative estimate of drug-likeness (QED) is 0.795. The van der Waals surface area contributed by atoms with Crippen molar-refractivity contribution in [3.8, 4) is 0 Å². The van der Waals surface area contributed by atoms with Crippen LogP contribution in [0.4, 0.5) is 0 Å². The van der Waals surface area contributed by atoms with Crippen LogP contribution in [0.2, 0.25) is 0 Å². The average molecular weight is 261 g/mol. The molecule has 1 saturated heterocycles. The Morgan fingerprint density at radius 1 is 1.28 bits per heavy atom. The molecule has 94 valence electrons. The second-order valence-corrected chi connectivity index (χ2v) is 5.30. The van der Waals surface area contributed by atoms with Gasteiger partial charge in [-0.15, -0.1) is 11.8 Å². The minimum Gasteiger partial charge on any atom is -0.355 e. The number of rotatable bonds is 3. The van der Waals surface area contributed by atoms with Crippen molar-refractivity contribution in [2.45, 2.75) is 17.4 Å². The standard InChI is InChI=1S/C14H15NO2S/c1-2-4-13-12(3-1)14(5-7-15-13)18-9-11-6-8-16-10-17-11/h1-5,7,11H,6,8-10H2. The van der Waals surface area contributed by atoms with E-state index < -0.39 is 0 Å². The first kappa shape index (κ1) is 12.0. The molecule has 4 heteroatoms. The maximum Gasteiger partial charge on any atom is 0.147 e. The zero-order valence-electron chi connectivity index (χ0n) is 10.0. The molecule has 1 fully saturated rings. The summed E-state index contributed by atoms with van der Waals surface area (Å²) >= 11 is 1.84. The molecule has 0 saturated carbocycles. The molecule has 0 N–H and O–H groups in total. The molecule has 0 spiro atoms. The number of ether oxygens (including phenoxy) is 2. The van der Waals surface area contributed by atoms with Crippen molar-refractivity contribution >= 4 is 22.7 Å². The molecule has 1 unspecified atom stereocenters. The zero-order valence-corrected chi connectivity index (χ0v) is 10.9. The molecule has 2 aromatic rings. The highest BCUT2D eigenvalue weighted by molar-refractivity contribution is 7.99. The summed E-state index contributed by atoms with van der Waals surface area (Å²) in [6.07, 6.45) is 3.15. The minimum atomic E-state index is 0.302. The molecule has 0 amide bonds. The van der Waals surface area contributed by atoms with Gasteiger partial charge in [-0.05, 0) is 18.6 Å². The van der Waals surface area contributed by atoms with Crippen LogP contribution in [-0.2, 0) is 9.47 Å². The van der Waals surface area contributed by atoms with Crippen LogP contribution >= 0.6 is 11.8 Å². The molecule has 2 heterocycles. The van der Waals surface area contributed by atoms with Crippen LogP contribution in [0.25, 0.3) is 10.9 Å². The molecule has 1 aromatic heterocycles. The zero-order chi connectivity index (χ0) is 12.2. The molecular formula is C14H15NO2S. The van der Waals surface area contributed by atoms with Gasteiger partial charge in [0.2, 0.25) is 0 Å². The summed E-state index contributed by atoms with van der Waals surface area (Å²) < 4.78 is 10.7. The van der Waals surface area contributed by atoms with Crippen molar-refractivity contribution in [3.05, 3.63) is 36.5 Å². The molecule has 0 radical (unpaired) electrons. The van der Waals surface area contributed by atoms with Crippen molar-refractivity contribution in [1.82, 2.24) is 4.98 Å². The summed E-state index contributed by atoms with van der Waals surface area (Å²) in [6, 6.07) is 10.3. The molecule has 0 aliphatic carbocycles. The number of thioether (sulfide) groups is 1. The van der Waals surface area contributed by atoms with E-state index in [1.165, 1.54) is 10.3 Å². The third-order valence-corrected chi connectivity index (χ3v) is 4.21. The molecule has 1 aliphatic heterocycles. The third kappa shape index (κ3) is 2.66. The Morgan fingerprint density at radius 2 is 2.22 bits per heavy atom. The fraction of sp³-hybridized carbons (Fsp3) is 0.357. The monoisotopic (exact) mass is 261 g/mol. The second-order valence-electron chi connectivity index (χ2n) is 4.24. The topological polar surface area (TPSA) is 31.4 Å². The molecule has 1 aliphatic rings. The van der Waals surface area contributed by atoms with Gasteiger partial charge in [-0.1, -0.05) is 18.2 Å². The van der Waals surface area contributed by atoms with Crippen LogP contribution in [0, 0.1) is 0 Å². The lowest BCUT2D eigenvalue weighted by molar-refractivity contribution is -0.130. The lowest BCUT2D eigenvalue weighted by Crippen LogP contribution is -2.25. The van der Waals surface area contributed by atoms with Gasteiger partial charge in [0.1, 0.15) is 6.79 Å². The van der Waals surface area contributed by atoms with Gasteiger partial charge in [0.05, 0.1) is 18.2 Å². The Balaban J connectivity index is 1.74. The van der Waals surface area contributed by atoms with Crippen molar-refractivity contribution in [2.24, 2.45) is 0 Å². The summed E-state index contributed by atoms with van der Waals surface area (Å²) in [5.74, 6) is 0.970. The van der Waals surface area contributed by atoms with Crippen LogP contribution in [0.5, 0.6) is 0 Å². The third-order valence-electron chi connectivity index (χ3n) is 3.01. The number of benzene rings is 1. The Labute approximate surface area is 111 Å². The van der Waals surface area contributed by atoms with E-state index in [0.29, 0.717) is 12.9 Å².